The molecule has 1 heterocycles. The summed E-state index contributed by atoms with van der Waals surface area (Å²) in [4.78, 5) is 28.5. The number of fused-ring (bicyclic) bond motifs is 1. The topological polar surface area (TPSA) is 71.1 Å². The average Bonchev–Trinajstić information content (AvgIpc) is 2.60. The van der Waals surface area contributed by atoms with Crippen LogP contribution >= 0.6 is 11.6 Å². The number of carbonyl (C=O) groups is 2. The Kier molecular flexibility index (Phi) is 4.95. The molecule has 0 saturated carbocycles. The van der Waals surface area contributed by atoms with E-state index in [-0.39, 0.29) is 11.8 Å². The summed E-state index contributed by atoms with van der Waals surface area (Å²) in [5, 5.41) is 7.79. The van der Waals surface area contributed by atoms with Gasteiger partial charge in [-0.1, -0.05) is 48.0 Å². The molecule has 1 aromatic heterocycles. The van der Waals surface area contributed by atoms with Crippen molar-refractivity contribution in [2.24, 2.45) is 0 Å². The normalized spacial score (nSPS) is 11.8. The smallest absolute Gasteiger partial charge is 0.251 e. The van der Waals surface area contributed by atoms with Gasteiger partial charge in [0.2, 0.25) is 5.91 Å². The maximum atomic E-state index is 12.8. The van der Waals surface area contributed by atoms with Crippen LogP contribution in [-0.2, 0) is 9.59 Å². The summed E-state index contributed by atoms with van der Waals surface area (Å²) in [6.45, 7) is 1.37. The number of benzene rings is 2. The first-order valence-electron chi connectivity index (χ1n) is 7.71. The Labute approximate surface area is 150 Å². The Balaban J connectivity index is 1.93. The first kappa shape index (κ1) is 16.9. The molecule has 0 saturated heterocycles. The van der Waals surface area contributed by atoms with Crippen LogP contribution in [0.25, 0.3) is 10.8 Å². The van der Waals surface area contributed by atoms with E-state index in [0.717, 1.165) is 10.8 Å². The first-order chi connectivity index (χ1) is 12.0. The Morgan fingerprint density at radius 2 is 1.88 bits per heavy atom. The predicted molar refractivity (Wildman–Crippen MR) is 98.4 cm³/mol. The molecule has 0 spiro atoms. The average molecular weight is 354 g/mol. The van der Waals surface area contributed by atoms with Gasteiger partial charge in [-0.05, 0) is 17.7 Å². The van der Waals surface area contributed by atoms with E-state index in [9.17, 15) is 9.59 Å². The number of halogens is 1. The summed E-state index contributed by atoms with van der Waals surface area (Å²) in [5.41, 5.74) is 1.19. The molecule has 126 valence electrons. The van der Waals surface area contributed by atoms with E-state index in [4.69, 9.17) is 11.6 Å². The number of hydrogen-bond acceptors (Lipinski definition) is 3. The lowest BCUT2D eigenvalue weighted by atomic mass is 10.1. The number of amides is 2. The number of anilines is 1. The van der Waals surface area contributed by atoms with Gasteiger partial charge in [-0.25, -0.2) is 0 Å². The molecule has 0 bridgehead atoms. The van der Waals surface area contributed by atoms with Gasteiger partial charge in [-0.15, -0.1) is 0 Å². The van der Waals surface area contributed by atoms with E-state index in [0.29, 0.717) is 16.3 Å². The van der Waals surface area contributed by atoms with Crippen LogP contribution in [0.1, 0.15) is 18.5 Å². The van der Waals surface area contributed by atoms with E-state index in [1.165, 1.54) is 6.92 Å². The van der Waals surface area contributed by atoms with Crippen molar-refractivity contribution in [1.82, 2.24) is 10.3 Å². The standard InChI is InChI=1S/C19H16ClN3O2/c1-12(24)22-18(13-6-4-7-15(20)9-13)19(25)23-17-11-21-10-14-5-2-3-8-16(14)17/h2-11,18H,1H3,(H,22,24)(H,23,25). The predicted octanol–water partition coefficient (Wildman–Crippen LogP) is 3.70. The van der Waals surface area contributed by atoms with E-state index >= 15 is 0 Å². The van der Waals surface area contributed by atoms with Gasteiger partial charge in [-0.2, -0.15) is 0 Å². The molecular weight excluding hydrogens is 338 g/mol. The maximum Gasteiger partial charge on any atom is 0.251 e. The third-order valence-electron chi connectivity index (χ3n) is 3.72. The summed E-state index contributed by atoms with van der Waals surface area (Å²) in [6, 6.07) is 13.6. The van der Waals surface area contributed by atoms with Gasteiger partial charge in [0, 0.05) is 28.9 Å². The molecule has 0 aliphatic heterocycles. The highest BCUT2D eigenvalue weighted by Gasteiger charge is 2.22. The van der Waals surface area contributed by atoms with Crippen LogP contribution in [0.3, 0.4) is 0 Å². The molecule has 0 aliphatic rings. The van der Waals surface area contributed by atoms with Crippen molar-refractivity contribution >= 4 is 39.9 Å². The highest BCUT2D eigenvalue weighted by atomic mass is 35.5. The van der Waals surface area contributed by atoms with Crippen LogP contribution in [0.5, 0.6) is 0 Å². The monoisotopic (exact) mass is 353 g/mol. The SMILES string of the molecule is CC(=O)NC(C(=O)Nc1cncc2ccccc12)c1cccc(Cl)c1. The number of nitrogens with one attached hydrogen (secondary N) is 2. The molecule has 2 N–H and O–H groups in total. The van der Waals surface area contributed by atoms with Crippen molar-refractivity contribution in [3.8, 4) is 0 Å². The zero-order valence-corrected chi connectivity index (χ0v) is 14.2. The second-order valence-corrected chi connectivity index (χ2v) is 6.02. The highest BCUT2D eigenvalue weighted by Crippen LogP contribution is 2.24. The van der Waals surface area contributed by atoms with E-state index in [1.807, 2.05) is 24.3 Å². The van der Waals surface area contributed by atoms with E-state index in [1.54, 1.807) is 36.7 Å². The van der Waals surface area contributed by atoms with Gasteiger partial charge in [-0.3, -0.25) is 14.6 Å². The molecule has 25 heavy (non-hydrogen) atoms. The highest BCUT2D eigenvalue weighted by molar-refractivity contribution is 6.30. The Morgan fingerprint density at radius 3 is 2.64 bits per heavy atom. The fourth-order valence-electron chi connectivity index (χ4n) is 2.61. The Bertz CT molecular complexity index is 937. The molecule has 1 atom stereocenters. The molecule has 1 unspecified atom stereocenters. The van der Waals surface area contributed by atoms with Crippen molar-refractivity contribution in [1.29, 1.82) is 0 Å². The molecule has 5 nitrogen and oxygen atoms in total. The summed E-state index contributed by atoms with van der Waals surface area (Å²) >= 11 is 6.01. The number of carbonyl (C=O) groups excluding carboxylic acids is 2. The third-order valence-corrected chi connectivity index (χ3v) is 3.95. The quantitative estimate of drug-likeness (QED) is 0.751. The fraction of sp³-hybridized carbons (Fsp3) is 0.105. The van der Waals surface area contributed by atoms with Crippen molar-refractivity contribution in [2.75, 3.05) is 5.32 Å². The first-order valence-corrected chi connectivity index (χ1v) is 8.08. The van der Waals surface area contributed by atoms with Gasteiger partial charge in [0.1, 0.15) is 6.04 Å². The summed E-state index contributed by atoms with van der Waals surface area (Å²) < 4.78 is 0. The van der Waals surface area contributed by atoms with Crippen LogP contribution in [0.15, 0.2) is 60.9 Å². The van der Waals surface area contributed by atoms with Gasteiger partial charge in [0.25, 0.3) is 5.91 Å². The minimum absolute atomic E-state index is 0.309. The number of hydrogen-bond donors (Lipinski definition) is 2. The second-order valence-electron chi connectivity index (χ2n) is 5.59. The Morgan fingerprint density at radius 1 is 1.08 bits per heavy atom. The number of pyridine rings is 1. The lowest BCUT2D eigenvalue weighted by Gasteiger charge is -2.19. The molecule has 6 heteroatoms. The molecule has 0 aliphatic carbocycles. The summed E-state index contributed by atoms with van der Waals surface area (Å²) in [6.07, 6.45) is 3.32. The van der Waals surface area contributed by atoms with Crippen molar-refractivity contribution in [2.45, 2.75) is 13.0 Å². The van der Waals surface area contributed by atoms with Gasteiger partial charge in [0.05, 0.1) is 11.9 Å². The molecule has 0 radical (unpaired) electrons. The molecule has 2 amide bonds. The van der Waals surface area contributed by atoms with Crippen LogP contribution in [0, 0.1) is 0 Å². The summed E-state index contributed by atoms with van der Waals surface area (Å²) in [7, 11) is 0. The third kappa shape index (κ3) is 3.95. The number of nitrogens with zero attached hydrogens (tertiary/aromatic N) is 1. The maximum absolute atomic E-state index is 12.8. The van der Waals surface area contributed by atoms with Crippen molar-refractivity contribution in [3.63, 3.8) is 0 Å². The van der Waals surface area contributed by atoms with Gasteiger partial charge in [0.15, 0.2) is 0 Å². The largest absolute Gasteiger partial charge is 0.341 e. The zero-order chi connectivity index (χ0) is 17.8. The minimum atomic E-state index is -0.852. The fourth-order valence-corrected chi connectivity index (χ4v) is 2.81. The number of rotatable bonds is 4. The van der Waals surface area contributed by atoms with Gasteiger partial charge < -0.3 is 10.6 Å². The summed E-state index contributed by atoms with van der Waals surface area (Å²) in [5.74, 6) is -0.674. The van der Waals surface area contributed by atoms with Crippen LogP contribution in [0.2, 0.25) is 5.02 Å². The van der Waals surface area contributed by atoms with Gasteiger partial charge >= 0.3 is 0 Å². The minimum Gasteiger partial charge on any atom is -0.341 e. The van der Waals surface area contributed by atoms with Crippen molar-refractivity contribution in [3.05, 3.63) is 71.5 Å². The lowest BCUT2D eigenvalue weighted by Crippen LogP contribution is -2.35. The van der Waals surface area contributed by atoms with Crippen LogP contribution < -0.4 is 10.6 Å². The zero-order valence-electron chi connectivity index (χ0n) is 13.5. The molecule has 3 rings (SSSR count). The Hall–Kier alpha value is -2.92. The molecule has 2 aromatic carbocycles. The molecular formula is C19H16ClN3O2. The number of aromatic nitrogens is 1. The second kappa shape index (κ2) is 7.32. The van der Waals surface area contributed by atoms with Crippen molar-refractivity contribution < 1.29 is 9.59 Å². The van der Waals surface area contributed by atoms with E-state index in [2.05, 4.69) is 15.6 Å². The molecule has 0 fully saturated rings. The lowest BCUT2D eigenvalue weighted by molar-refractivity contribution is -0.125. The van der Waals surface area contributed by atoms with Crippen LogP contribution in [-0.4, -0.2) is 16.8 Å². The van der Waals surface area contributed by atoms with Crippen LogP contribution in [0.4, 0.5) is 5.69 Å². The van der Waals surface area contributed by atoms with E-state index < -0.39 is 6.04 Å². The molecule has 3 aromatic rings.